The Hall–Kier alpha value is 0.0738. The second kappa shape index (κ2) is 8.96. The molecule has 0 amide bonds. The molecule has 2 atom stereocenters. The Morgan fingerprint density at radius 3 is 1.52 bits per heavy atom. The van der Waals surface area contributed by atoms with Crippen molar-refractivity contribution in [2.75, 3.05) is 39.6 Å². The lowest BCUT2D eigenvalue weighted by Gasteiger charge is -2.25. The average molecular weight is 371 g/mol. The monoisotopic (exact) mass is 370 g/mol. The molecule has 2 unspecified atom stereocenters. The van der Waals surface area contributed by atoms with Gasteiger partial charge in [-0.25, -0.2) is 0 Å². The van der Waals surface area contributed by atoms with Gasteiger partial charge in [-0.2, -0.15) is 0 Å². The van der Waals surface area contributed by atoms with E-state index in [9.17, 15) is 19.2 Å². The van der Waals surface area contributed by atoms with E-state index in [1.807, 2.05) is 0 Å². The third kappa shape index (κ3) is 9.83. The maximum atomic E-state index is 9.81. The van der Waals surface area contributed by atoms with E-state index in [-0.39, 0.29) is 24.3 Å². The van der Waals surface area contributed by atoms with Crippen LogP contribution >= 0.6 is 0 Å². The number of hydrogen-bond acceptors (Lipinski definition) is 9. The normalized spacial score (nSPS) is 24.0. The van der Waals surface area contributed by atoms with E-state index in [4.69, 9.17) is 23.1 Å². The molecule has 0 spiro atoms. The molecule has 2 heterocycles. The molecule has 0 aliphatic carbocycles. The first-order valence-electron chi connectivity index (χ1n) is 7.85. The molecule has 2 saturated heterocycles. The number of rotatable bonds is 14. The van der Waals surface area contributed by atoms with Gasteiger partial charge in [-0.1, -0.05) is 0 Å². The van der Waals surface area contributed by atoms with Crippen molar-refractivity contribution >= 4 is 17.6 Å². The second-order valence-corrected chi connectivity index (χ2v) is 10.6. The molecule has 11 heteroatoms. The Labute approximate surface area is 137 Å². The Balaban J connectivity index is 1.50. The maximum absolute atomic E-state index is 9.81. The zero-order chi connectivity index (χ0) is 16.8. The molecular formula is C12H26O9Si2. The molecule has 2 fully saturated rings. The van der Waals surface area contributed by atoms with Crippen LogP contribution in [-0.4, -0.2) is 88.6 Å². The van der Waals surface area contributed by atoms with Crippen molar-refractivity contribution < 1.29 is 42.2 Å². The molecule has 2 rings (SSSR count). The molecule has 0 saturated carbocycles. The van der Waals surface area contributed by atoms with Crippen LogP contribution in [0.4, 0.5) is 0 Å². The van der Waals surface area contributed by atoms with Crippen molar-refractivity contribution in [3.05, 3.63) is 0 Å². The fraction of sp³-hybridized carbons (Fsp3) is 1.00. The number of hydrogen-bond donors (Lipinski definition) is 4. The summed E-state index contributed by atoms with van der Waals surface area (Å²) in [5.41, 5.74) is 0. The van der Waals surface area contributed by atoms with Crippen molar-refractivity contribution in [3.63, 3.8) is 0 Å². The Morgan fingerprint density at radius 2 is 1.17 bits per heavy atom. The average Bonchev–Trinajstić information content (AvgIpc) is 3.31. The summed E-state index contributed by atoms with van der Waals surface area (Å²) in [4.78, 5) is 39.3. The topological polar surface area (TPSA) is 134 Å². The molecule has 0 bridgehead atoms. The van der Waals surface area contributed by atoms with E-state index in [0.717, 1.165) is 0 Å². The van der Waals surface area contributed by atoms with Crippen LogP contribution in [0.3, 0.4) is 0 Å². The Kier molecular flexibility index (Phi) is 7.56. The quantitative estimate of drug-likeness (QED) is 0.163. The lowest BCUT2D eigenvalue weighted by molar-refractivity contribution is 0.105. The Bertz CT molecular complexity index is 315. The van der Waals surface area contributed by atoms with Crippen molar-refractivity contribution in [2.24, 2.45) is 0 Å². The predicted octanol–water partition coefficient (Wildman–Crippen LogP) is -1.54. The fourth-order valence-electron chi connectivity index (χ4n) is 1.93. The van der Waals surface area contributed by atoms with Gasteiger partial charge in [-0.05, 0) is 12.8 Å². The van der Waals surface area contributed by atoms with Crippen LogP contribution in [0.25, 0.3) is 0 Å². The first kappa shape index (κ1) is 19.4. The summed E-state index contributed by atoms with van der Waals surface area (Å²) in [5, 5.41) is 0. The van der Waals surface area contributed by atoms with Gasteiger partial charge in [0.15, 0.2) is 0 Å². The van der Waals surface area contributed by atoms with Gasteiger partial charge in [0.2, 0.25) is 0 Å². The summed E-state index contributed by atoms with van der Waals surface area (Å²) < 4.78 is 25.4. The third-order valence-corrected chi connectivity index (χ3v) is 7.95. The van der Waals surface area contributed by atoms with Crippen LogP contribution in [-0.2, 0) is 23.1 Å². The van der Waals surface area contributed by atoms with Gasteiger partial charge < -0.3 is 42.2 Å². The van der Waals surface area contributed by atoms with Crippen molar-refractivity contribution in [2.45, 2.75) is 37.1 Å². The van der Waals surface area contributed by atoms with Crippen LogP contribution in [0.2, 0.25) is 12.1 Å². The summed E-state index contributed by atoms with van der Waals surface area (Å²) in [7, 11) is -8.17. The minimum absolute atomic E-state index is 0.0378. The van der Waals surface area contributed by atoms with Gasteiger partial charge in [-0.15, -0.1) is 0 Å². The molecule has 23 heavy (non-hydrogen) atoms. The zero-order valence-electron chi connectivity index (χ0n) is 13.1. The first-order chi connectivity index (χ1) is 10.9. The SMILES string of the molecule is O[Si](O)(CCCOCC1CO1)O[Si](O)(O)CCCOCC1CO1. The molecule has 136 valence electrons. The second-order valence-electron chi connectivity index (χ2n) is 5.86. The first-order valence-corrected chi connectivity index (χ1v) is 11.9. The fourth-order valence-corrected chi connectivity index (χ4v) is 6.05. The van der Waals surface area contributed by atoms with Gasteiger partial charge in [0.1, 0.15) is 12.2 Å². The van der Waals surface area contributed by atoms with Crippen molar-refractivity contribution in [1.82, 2.24) is 0 Å². The maximum Gasteiger partial charge on any atom is 0.488 e. The molecule has 0 aromatic heterocycles. The Morgan fingerprint density at radius 1 is 0.783 bits per heavy atom. The standard InChI is InChI=1S/C12H26O9Si2/c13-22(14,5-1-3-17-7-11-9-19-11)21-23(15,16)6-2-4-18-8-12-10-20-12/h11-16H,1-10H2. The van der Waals surface area contributed by atoms with Crippen LogP contribution in [0, 0.1) is 0 Å². The highest BCUT2D eigenvalue weighted by molar-refractivity contribution is 6.72. The van der Waals surface area contributed by atoms with E-state index >= 15 is 0 Å². The molecule has 0 radical (unpaired) electrons. The lowest BCUT2D eigenvalue weighted by atomic mass is 10.5. The highest BCUT2D eigenvalue weighted by Crippen LogP contribution is 2.17. The highest BCUT2D eigenvalue weighted by Gasteiger charge is 2.44. The summed E-state index contributed by atoms with van der Waals surface area (Å²) in [6.07, 6.45) is 1.09. The minimum Gasteiger partial charge on any atom is -0.390 e. The van der Waals surface area contributed by atoms with Crippen molar-refractivity contribution in [3.8, 4) is 0 Å². The summed E-state index contributed by atoms with van der Waals surface area (Å²) in [6, 6.07) is -0.0756. The molecular weight excluding hydrogens is 344 g/mol. The van der Waals surface area contributed by atoms with Gasteiger partial charge in [0, 0.05) is 25.3 Å². The smallest absolute Gasteiger partial charge is 0.390 e. The molecule has 2 aliphatic rings. The summed E-state index contributed by atoms with van der Waals surface area (Å²) in [6.45, 7) is 3.11. The largest absolute Gasteiger partial charge is 0.488 e. The number of ether oxygens (including phenoxy) is 4. The predicted molar refractivity (Wildman–Crippen MR) is 81.4 cm³/mol. The summed E-state index contributed by atoms with van der Waals surface area (Å²) >= 11 is 0. The number of epoxide rings is 2. The van der Waals surface area contributed by atoms with Gasteiger partial charge in [-0.3, -0.25) is 0 Å². The zero-order valence-corrected chi connectivity index (χ0v) is 15.1. The molecule has 9 nitrogen and oxygen atoms in total. The highest BCUT2D eigenvalue weighted by atomic mass is 28.5. The third-order valence-electron chi connectivity index (χ3n) is 3.32. The lowest BCUT2D eigenvalue weighted by Crippen LogP contribution is -2.53. The van der Waals surface area contributed by atoms with Crippen LogP contribution < -0.4 is 0 Å². The summed E-state index contributed by atoms with van der Waals surface area (Å²) in [5.74, 6) is 0. The van der Waals surface area contributed by atoms with E-state index in [2.05, 4.69) is 0 Å². The molecule has 4 N–H and O–H groups in total. The van der Waals surface area contributed by atoms with Crippen LogP contribution in [0.15, 0.2) is 0 Å². The molecule has 0 aromatic rings. The minimum atomic E-state index is -4.09. The van der Waals surface area contributed by atoms with Gasteiger partial charge in [0.05, 0.1) is 26.4 Å². The molecule has 2 aliphatic heterocycles. The van der Waals surface area contributed by atoms with Gasteiger partial charge >= 0.3 is 17.6 Å². The van der Waals surface area contributed by atoms with E-state index in [1.54, 1.807) is 0 Å². The molecule has 0 aromatic carbocycles. The van der Waals surface area contributed by atoms with Crippen molar-refractivity contribution in [1.29, 1.82) is 0 Å². The van der Waals surface area contributed by atoms with E-state index < -0.39 is 17.6 Å². The van der Waals surface area contributed by atoms with Crippen LogP contribution in [0.5, 0.6) is 0 Å². The van der Waals surface area contributed by atoms with E-state index in [1.165, 1.54) is 0 Å². The van der Waals surface area contributed by atoms with Crippen LogP contribution in [0.1, 0.15) is 12.8 Å². The van der Waals surface area contributed by atoms with E-state index in [0.29, 0.717) is 52.5 Å². The van der Waals surface area contributed by atoms with Gasteiger partial charge in [0.25, 0.3) is 0 Å².